The van der Waals surface area contributed by atoms with Crippen LogP contribution in [-0.4, -0.2) is 52.0 Å². The summed E-state index contributed by atoms with van der Waals surface area (Å²) < 4.78 is 19.5. The van der Waals surface area contributed by atoms with Gasteiger partial charge in [-0.25, -0.2) is 4.39 Å². The quantitative estimate of drug-likeness (QED) is 0.615. The lowest BCUT2D eigenvalue weighted by atomic mass is 10.2. The SMILES string of the molecule is O=C(c1cccc(Br)c1)N1CCN(Cc2noc(-c3cccc(F)c3)n2)CC1. The Balaban J connectivity index is 1.34. The molecule has 0 spiro atoms. The van der Waals surface area contributed by atoms with Crippen molar-refractivity contribution in [3.63, 3.8) is 0 Å². The van der Waals surface area contributed by atoms with Gasteiger partial charge in [0.2, 0.25) is 0 Å². The zero-order valence-electron chi connectivity index (χ0n) is 15.0. The molecule has 0 aliphatic carbocycles. The molecule has 0 radical (unpaired) electrons. The summed E-state index contributed by atoms with van der Waals surface area (Å²) in [6.07, 6.45) is 0. The molecule has 1 amide bonds. The molecule has 8 heteroatoms. The van der Waals surface area contributed by atoms with Crippen LogP contribution in [0.5, 0.6) is 0 Å². The van der Waals surface area contributed by atoms with Crippen LogP contribution in [0.15, 0.2) is 57.5 Å². The topological polar surface area (TPSA) is 62.5 Å². The van der Waals surface area contributed by atoms with Crippen LogP contribution in [-0.2, 0) is 6.54 Å². The number of benzene rings is 2. The molecule has 0 unspecified atom stereocenters. The number of carbonyl (C=O) groups is 1. The fraction of sp³-hybridized carbons (Fsp3) is 0.250. The fourth-order valence-corrected chi connectivity index (χ4v) is 3.57. The molecular weight excluding hydrogens is 427 g/mol. The van der Waals surface area contributed by atoms with E-state index in [1.165, 1.54) is 12.1 Å². The van der Waals surface area contributed by atoms with Gasteiger partial charge in [-0.2, -0.15) is 4.98 Å². The lowest BCUT2D eigenvalue weighted by molar-refractivity contribution is 0.0624. The van der Waals surface area contributed by atoms with Crippen molar-refractivity contribution in [2.24, 2.45) is 0 Å². The van der Waals surface area contributed by atoms with Crippen molar-refractivity contribution < 1.29 is 13.7 Å². The first-order chi connectivity index (χ1) is 13.6. The zero-order chi connectivity index (χ0) is 19.5. The summed E-state index contributed by atoms with van der Waals surface area (Å²) in [5, 5.41) is 3.99. The molecular formula is C20H18BrFN4O2. The zero-order valence-corrected chi connectivity index (χ0v) is 16.6. The van der Waals surface area contributed by atoms with E-state index < -0.39 is 0 Å². The second-order valence-corrected chi connectivity index (χ2v) is 7.52. The Hall–Kier alpha value is -2.58. The number of hydrogen-bond acceptors (Lipinski definition) is 5. The van der Waals surface area contributed by atoms with Crippen LogP contribution in [0, 0.1) is 5.82 Å². The van der Waals surface area contributed by atoms with E-state index in [1.54, 1.807) is 12.1 Å². The maximum absolute atomic E-state index is 13.3. The Bertz CT molecular complexity index is 986. The molecule has 4 rings (SSSR count). The first-order valence-corrected chi connectivity index (χ1v) is 9.73. The minimum atomic E-state index is -0.344. The van der Waals surface area contributed by atoms with Crippen molar-refractivity contribution >= 4 is 21.8 Å². The summed E-state index contributed by atoms with van der Waals surface area (Å²) in [5.41, 5.74) is 1.24. The summed E-state index contributed by atoms with van der Waals surface area (Å²) in [6, 6.07) is 13.5. The van der Waals surface area contributed by atoms with Crippen LogP contribution < -0.4 is 0 Å². The summed E-state index contributed by atoms with van der Waals surface area (Å²) >= 11 is 3.40. The van der Waals surface area contributed by atoms with Gasteiger partial charge in [0.1, 0.15) is 5.82 Å². The van der Waals surface area contributed by atoms with E-state index in [0.717, 1.165) is 17.6 Å². The number of amides is 1. The van der Waals surface area contributed by atoms with Gasteiger partial charge in [0.15, 0.2) is 5.82 Å². The summed E-state index contributed by atoms with van der Waals surface area (Å²) in [5.74, 6) is 0.543. The Labute approximate surface area is 170 Å². The molecule has 2 heterocycles. The van der Waals surface area contributed by atoms with E-state index in [-0.39, 0.29) is 11.7 Å². The second kappa shape index (κ2) is 8.20. The molecule has 1 aliphatic heterocycles. The smallest absolute Gasteiger partial charge is 0.258 e. The van der Waals surface area contributed by atoms with Gasteiger partial charge in [-0.15, -0.1) is 0 Å². The van der Waals surface area contributed by atoms with Crippen LogP contribution in [0.2, 0.25) is 0 Å². The van der Waals surface area contributed by atoms with E-state index in [4.69, 9.17) is 4.52 Å². The number of piperazine rings is 1. The third-order valence-corrected chi connectivity index (χ3v) is 5.13. The first kappa shape index (κ1) is 18.8. The highest BCUT2D eigenvalue weighted by atomic mass is 79.9. The van der Waals surface area contributed by atoms with Crippen molar-refractivity contribution in [3.05, 3.63) is 70.2 Å². The monoisotopic (exact) mass is 444 g/mol. The third kappa shape index (κ3) is 4.28. The van der Waals surface area contributed by atoms with Crippen molar-refractivity contribution in [2.75, 3.05) is 26.2 Å². The fourth-order valence-electron chi connectivity index (χ4n) is 3.17. The lowest BCUT2D eigenvalue weighted by Crippen LogP contribution is -2.48. The normalized spacial score (nSPS) is 15.0. The van der Waals surface area contributed by atoms with Gasteiger partial charge in [0.05, 0.1) is 6.54 Å². The van der Waals surface area contributed by atoms with Crippen molar-refractivity contribution in [1.29, 1.82) is 0 Å². The highest BCUT2D eigenvalue weighted by Gasteiger charge is 2.23. The average molecular weight is 445 g/mol. The minimum Gasteiger partial charge on any atom is -0.336 e. The summed E-state index contributed by atoms with van der Waals surface area (Å²) in [6.45, 7) is 3.25. The van der Waals surface area contributed by atoms with Gasteiger partial charge in [0, 0.05) is 41.8 Å². The molecule has 3 aromatic rings. The van der Waals surface area contributed by atoms with Gasteiger partial charge >= 0.3 is 0 Å². The second-order valence-electron chi connectivity index (χ2n) is 6.60. The molecule has 1 aliphatic rings. The Kier molecular flexibility index (Phi) is 5.50. The summed E-state index contributed by atoms with van der Waals surface area (Å²) in [4.78, 5) is 21.0. The Morgan fingerprint density at radius 1 is 1.11 bits per heavy atom. The van der Waals surface area contributed by atoms with Crippen LogP contribution in [0.1, 0.15) is 16.2 Å². The summed E-state index contributed by atoms with van der Waals surface area (Å²) in [7, 11) is 0. The molecule has 6 nitrogen and oxygen atoms in total. The molecule has 0 atom stereocenters. The molecule has 28 heavy (non-hydrogen) atoms. The van der Waals surface area contributed by atoms with Crippen LogP contribution in [0.4, 0.5) is 4.39 Å². The number of aromatic nitrogens is 2. The predicted octanol–water partition coefficient (Wildman–Crippen LogP) is 3.60. The van der Waals surface area contributed by atoms with Gasteiger partial charge < -0.3 is 9.42 Å². The van der Waals surface area contributed by atoms with Crippen LogP contribution >= 0.6 is 15.9 Å². The highest BCUT2D eigenvalue weighted by molar-refractivity contribution is 9.10. The van der Waals surface area contributed by atoms with Crippen molar-refractivity contribution in [1.82, 2.24) is 19.9 Å². The lowest BCUT2D eigenvalue weighted by Gasteiger charge is -2.34. The van der Waals surface area contributed by atoms with E-state index in [1.807, 2.05) is 29.2 Å². The molecule has 1 fully saturated rings. The van der Waals surface area contributed by atoms with E-state index >= 15 is 0 Å². The number of carbonyl (C=O) groups excluding carboxylic acids is 1. The number of halogens is 2. The maximum Gasteiger partial charge on any atom is 0.258 e. The molecule has 0 bridgehead atoms. The molecule has 0 saturated carbocycles. The Morgan fingerprint density at radius 3 is 2.64 bits per heavy atom. The molecule has 2 aromatic carbocycles. The van der Waals surface area contributed by atoms with Gasteiger partial charge in [-0.1, -0.05) is 33.2 Å². The molecule has 1 saturated heterocycles. The predicted molar refractivity (Wildman–Crippen MR) is 105 cm³/mol. The van der Waals surface area contributed by atoms with E-state index in [0.29, 0.717) is 42.5 Å². The Morgan fingerprint density at radius 2 is 1.89 bits per heavy atom. The average Bonchev–Trinajstić information content (AvgIpc) is 3.17. The number of rotatable bonds is 4. The minimum absolute atomic E-state index is 0.0360. The molecule has 1 aromatic heterocycles. The van der Waals surface area contributed by atoms with E-state index in [9.17, 15) is 9.18 Å². The first-order valence-electron chi connectivity index (χ1n) is 8.94. The van der Waals surface area contributed by atoms with Crippen LogP contribution in [0.3, 0.4) is 0 Å². The number of nitrogens with zero attached hydrogens (tertiary/aromatic N) is 4. The van der Waals surface area contributed by atoms with Crippen molar-refractivity contribution in [2.45, 2.75) is 6.54 Å². The van der Waals surface area contributed by atoms with Gasteiger partial charge in [0.25, 0.3) is 11.8 Å². The van der Waals surface area contributed by atoms with Gasteiger partial charge in [-0.05, 0) is 36.4 Å². The molecule has 144 valence electrons. The largest absolute Gasteiger partial charge is 0.336 e. The highest BCUT2D eigenvalue weighted by Crippen LogP contribution is 2.19. The standard InChI is InChI=1S/C20H18BrFN4O2/c21-16-5-1-4-15(11-16)20(27)26-9-7-25(8-10-26)13-18-23-19(28-24-18)14-3-2-6-17(22)12-14/h1-6,11-12H,7-10,13H2. The number of hydrogen-bond donors (Lipinski definition) is 0. The maximum atomic E-state index is 13.3. The van der Waals surface area contributed by atoms with Crippen molar-refractivity contribution in [3.8, 4) is 11.5 Å². The third-order valence-electron chi connectivity index (χ3n) is 4.64. The molecule has 0 N–H and O–H groups in total. The van der Waals surface area contributed by atoms with Gasteiger partial charge in [-0.3, -0.25) is 9.69 Å². The van der Waals surface area contributed by atoms with E-state index in [2.05, 4.69) is 31.0 Å². The van der Waals surface area contributed by atoms with Crippen LogP contribution in [0.25, 0.3) is 11.5 Å².